The molecule has 2 aliphatic rings. The van der Waals surface area contributed by atoms with E-state index < -0.39 is 0 Å². The standard InChI is InChI=1S/C21H25NO2/c1-5-8-17-9-6-10-18(14-13-17)11-7-12-19-15-16-22(20(23)24-4)21(19,2)3/h6,9-10,12-13H,5,8,15-16H2,1-4H3/b19-12+. The van der Waals surface area contributed by atoms with Gasteiger partial charge in [0.25, 0.3) is 0 Å². The summed E-state index contributed by atoms with van der Waals surface area (Å²) in [5, 5.41) is 0. The molecule has 0 bridgehead atoms. The molecule has 0 unspecified atom stereocenters. The van der Waals surface area contributed by atoms with Crippen LogP contribution in [0.25, 0.3) is 0 Å². The fourth-order valence-corrected chi connectivity index (χ4v) is 2.93. The van der Waals surface area contributed by atoms with Crippen molar-refractivity contribution >= 4 is 6.09 Å². The van der Waals surface area contributed by atoms with Crippen molar-refractivity contribution in [3.63, 3.8) is 0 Å². The minimum absolute atomic E-state index is 0.289. The van der Waals surface area contributed by atoms with Gasteiger partial charge in [-0.3, -0.25) is 4.90 Å². The molecule has 0 aromatic carbocycles. The zero-order valence-electron chi connectivity index (χ0n) is 15.0. The molecule has 1 fully saturated rings. The van der Waals surface area contributed by atoms with Crippen LogP contribution in [0, 0.1) is 11.8 Å². The van der Waals surface area contributed by atoms with Crippen LogP contribution in [-0.4, -0.2) is 30.2 Å². The molecule has 0 radical (unpaired) electrons. The molecule has 1 amide bonds. The van der Waals surface area contributed by atoms with Gasteiger partial charge >= 0.3 is 6.09 Å². The molecule has 2 rings (SSSR count). The van der Waals surface area contributed by atoms with E-state index in [1.54, 1.807) is 4.90 Å². The lowest BCUT2D eigenvalue weighted by Crippen LogP contribution is -2.43. The summed E-state index contributed by atoms with van der Waals surface area (Å²) < 4.78 is 4.85. The second kappa shape index (κ2) is 7.90. The number of ether oxygens (including phenoxy) is 1. The Balaban J connectivity index is 2.14. The van der Waals surface area contributed by atoms with E-state index in [9.17, 15) is 4.79 Å². The first kappa shape index (κ1) is 17.9. The van der Waals surface area contributed by atoms with Crippen molar-refractivity contribution < 1.29 is 9.53 Å². The lowest BCUT2D eigenvalue weighted by Gasteiger charge is -2.31. The van der Waals surface area contributed by atoms with Gasteiger partial charge in [-0.15, -0.1) is 5.73 Å². The molecule has 0 saturated carbocycles. The van der Waals surface area contributed by atoms with Gasteiger partial charge in [-0.2, -0.15) is 0 Å². The molecule has 1 aliphatic carbocycles. The molecule has 3 heteroatoms. The average Bonchev–Trinajstić information content (AvgIpc) is 2.72. The minimum atomic E-state index is -0.360. The summed E-state index contributed by atoms with van der Waals surface area (Å²) in [6.45, 7) is 6.88. The van der Waals surface area contributed by atoms with Crippen LogP contribution in [0.1, 0.15) is 40.0 Å². The first-order valence-corrected chi connectivity index (χ1v) is 8.39. The molecule has 126 valence electrons. The summed E-state index contributed by atoms with van der Waals surface area (Å²) in [4.78, 5) is 13.6. The van der Waals surface area contributed by atoms with Crippen molar-refractivity contribution in [2.24, 2.45) is 0 Å². The Morgan fingerprint density at radius 1 is 1.50 bits per heavy atom. The highest BCUT2D eigenvalue weighted by Crippen LogP contribution is 2.34. The molecule has 0 spiro atoms. The van der Waals surface area contributed by atoms with Crippen molar-refractivity contribution in [3.05, 3.63) is 52.8 Å². The van der Waals surface area contributed by atoms with E-state index in [0.29, 0.717) is 6.54 Å². The van der Waals surface area contributed by atoms with E-state index in [2.05, 4.69) is 30.6 Å². The average molecular weight is 323 g/mol. The molecule has 0 atom stereocenters. The van der Waals surface area contributed by atoms with Gasteiger partial charge < -0.3 is 4.74 Å². The van der Waals surface area contributed by atoms with Gasteiger partial charge in [0.05, 0.1) is 18.2 Å². The Bertz CT molecular complexity index is 717. The monoisotopic (exact) mass is 323 g/mol. The van der Waals surface area contributed by atoms with Crippen molar-refractivity contribution in [2.75, 3.05) is 13.7 Å². The first-order chi connectivity index (χ1) is 11.5. The van der Waals surface area contributed by atoms with E-state index in [0.717, 1.165) is 30.4 Å². The molecular weight excluding hydrogens is 298 g/mol. The Hall–Kier alpha value is -2.43. The van der Waals surface area contributed by atoms with Crippen molar-refractivity contribution in [3.8, 4) is 11.8 Å². The highest BCUT2D eigenvalue weighted by Gasteiger charge is 2.40. The smallest absolute Gasteiger partial charge is 0.410 e. The van der Waals surface area contributed by atoms with Crippen molar-refractivity contribution in [1.29, 1.82) is 0 Å². The predicted octanol–water partition coefficient (Wildman–Crippen LogP) is 4.54. The Morgan fingerprint density at radius 3 is 3.00 bits per heavy atom. The Kier molecular flexibility index (Phi) is 5.90. The Morgan fingerprint density at radius 2 is 2.29 bits per heavy atom. The fourth-order valence-electron chi connectivity index (χ4n) is 2.93. The fraction of sp³-hybridized carbons (Fsp3) is 0.429. The summed E-state index contributed by atoms with van der Waals surface area (Å²) in [6.07, 6.45) is 12.8. The predicted molar refractivity (Wildman–Crippen MR) is 97.4 cm³/mol. The normalized spacial score (nSPS) is 20.2. The van der Waals surface area contributed by atoms with Crippen LogP contribution in [0.2, 0.25) is 0 Å². The number of hydrogen-bond donors (Lipinski definition) is 0. The number of hydrogen-bond acceptors (Lipinski definition) is 2. The lowest BCUT2D eigenvalue weighted by atomic mass is 9.95. The number of likely N-dealkylation sites (tertiary alicyclic amines) is 1. The summed E-state index contributed by atoms with van der Waals surface area (Å²) in [7, 11) is 1.41. The summed E-state index contributed by atoms with van der Waals surface area (Å²) in [6, 6.07) is 0. The highest BCUT2D eigenvalue weighted by atomic mass is 16.5. The van der Waals surface area contributed by atoms with E-state index >= 15 is 0 Å². The second-order valence-corrected chi connectivity index (χ2v) is 6.42. The van der Waals surface area contributed by atoms with Crippen LogP contribution in [0.4, 0.5) is 4.79 Å². The summed E-state index contributed by atoms with van der Waals surface area (Å²) in [5.74, 6) is 6.26. The zero-order valence-corrected chi connectivity index (χ0v) is 15.0. The highest BCUT2D eigenvalue weighted by molar-refractivity contribution is 5.70. The number of methoxy groups -OCH3 is 1. The molecule has 1 heterocycles. The van der Waals surface area contributed by atoms with E-state index in [-0.39, 0.29) is 11.6 Å². The minimum Gasteiger partial charge on any atom is -0.453 e. The van der Waals surface area contributed by atoms with Crippen LogP contribution < -0.4 is 0 Å². The van der Waals surface area contributed by atoms with Gasteiger partial charge in [0.15, 0.2) is 0 Å². The molecule has 0 aromatic rings. The second-order valence-electron chi connectivity index (χ2n) is 6.42. The number of carbonyl (C=O) groups is 1. The third-order valence-electron chi connectivity index (χ3n) is 4.44. The number of allylic oxidation sites excluding steroid dienone is 6. The third kappa shape index (κ3) is 4.10. The summed E-state index contributed by atoms with van der Waals surface area (Å²) in [5.41, 5.74) is 6.18. The maximum atomic E-state index is 11.8. The molecule has 0 N–H and O–H groups in total. The SMILES string of the molecule is CCCC1=CC=CC(C#C/C=C2\CCN(C(=O)OC)C2(C)C)=C=C1. The van der Waals surface area contributed by atoms with Crippen LogP contribution in [-0.2, 0) is 4.74 Å². The topological polar surface area (TPSA) is 29.5 Å². The molecule has 3 nitrogen and oxygen atoms in total. The van der Waals surface area contributed by atoms with Gasteiger partial charge in [-0.1, -0.05) is 37.3 Å². The van der Waals surface area contributed by atoms with Gasteiger partial charge in [-0.25, -0.2) is 4.79 Å². The van der Waals surface area contributed by atoms with E-state index in [1.807, 2.05) is 38.2 Å². The quantitative estimate of drug-likeness (QED) is 0.551. The van der Waals surface area contributed by atoms with Crippen LogP contribution in [0.5, 0.6) is 0 Å². The maximum absolute atomic E-state index is 11.8. The molecule has 1 aliphatic heterocycles. The zero-order chi connectivity index (χ0) is 17.6. The molecule has 1 saturated heterocycles. The lowest BCUT2D eigenvalue weighted by molar-refractivity contribution is 0.105. The van der Waals surface area contributed by atoms with E-state index in [1.165, 1.54) is 12.7 Å². The third-order valence-corrected chi connectivity index (χ3v) is 4.44. The van der Waals surface area contributed by atoms with Crippen LogP contribution in [0.3, 0.4) is 0 Å². The Labute approximate surface area is 145 Å². The maximum Gasteiger partial charge on any atom is 0.410 e. The summed E-state index contributed by atoms with van der Waals surface area (Å²) >= 11 is 0. The van der Waals surface area contributed by atoms with Crippen LogP contribution >= 0.6 is 0 Å². The van der Waals surface area contributed by atoms with Crippen LogP contribution in [0.15, 0.2) is 52.8 Å². The van der Waals surface area contributed by atoms with Gasteiger partial charge in [-0.05, 0) is 56.1 Å². The number of nitrogens with zero attached hydrogens (tertiary/aromatic N) is 1. The van der Waals surface area contributed by atoms with Gasteiger partial charge in [0, 0.05) is 6.54 Å². The first-order valence-electron chi connectivity index (χ1n) is 8.39. The number of rotatable bonds is 2. The van der Waals surface area contributed by atoms with Crippen molar-refractivity contribution in [1.82, 2.24) is 4.90 Å². The number of amides is 1. The molecule has 0 aromatic heterocycles. The number of carbonyl (C=O) groups excluding carboxylic acids is 1. The van der Waals surface area contributed by atoms with Gasteiger partial charge in [0.1, 0.15) is 0 Å². The molecular formula is C21H25NO2. The molecule has 24 heavy (non-hydrogen) atoms. The van der Waals surface area contributed by atoms with Gasteiger partial charge in [0.2, 0.25) is 0 Å². The van der Waals surface area contributed by atoms with E-state index in [4.69, 9.17) is 4.74 Å². The van der Waals surface area contributed by atoms with Crippen molar-refractivity contribution in [2.45, 2.75) is 45.6 Å². The largest absolute Gasteiger partial charge is 0.453 e.